The summed E-state index contributed by atoms with van der Waals surface area (Å²) in [5.74, 6) is -0.458. The van der Waals surface area contributed by atoms with Crippen molar-refractivity contribution in [3.63, 3.8) is 0 Å². The minimum Gasteiger partial charge on any atom is -0.481 e. The Bertz CT molecular complexity index is 301. The first-order valence-electron chi connectivity index (χ1n) is 6.89. The summed E-state index contributed by atoms with van der Waals surface area (Å²) >= 11 is 0. The Labute approximate surface area is 109 Å². The lowest BCUT2D eigenvalue weighted by Crippen LogP contribution is -2.37. The van der Waals surface area contributed by atoms with Gasteiger partial charge in [0, 0.05) is 19.5 Å². The Kier molecular flexibility index (Phi) is 5.63. The predicted molar refractivity (Wildman–Crippen MR) is 70.2 cm³/mol. The summed E-state index contributed by atoms with van der Waals surface area (Å²) in [6, 6.07) is 0. The molecule has 1 rings (SSSR count). The summed E-state index contributed by atoms with van der Waals surface area (Å²) in [5.41, 5.74) is 0. The number of hydrogen-bond acceptors (Lipinski definition) is 2. The molecule has 0 aromatic heterocycles. The van der Waals surface area contributed by atoms with Crippen molar-refractivity contribution in [2.45, 2.75) is 46.0 Å². The van der Waals surface area contributed by atoms with Crippen molar-refractivity contribution in [3.05, 3.63) is 0 Å². The van der Waals surface area contributed by atoms with E-state index >= 15 is 0 Å². The minimum atomic E-state index is -0.752. The summed E-state index contributed by atoms with van der Waals surface area (Å²) in [6.45, 7) is 5.05. The molecule has 4 nitrogen and oxygen atoms in total. The van der Waals surface area contributed by atoms with Gasteiger partial charge in [-0.2, -0.15) is 0 Å². The first kappa shape index (κ1) is 15.0. The van der Waals surface area contributed by atoms with E-state index in [2.05, 4.69) is 13.8 Å². The average molecular weight is 255 g/mol. The summed E-state index contributed by atoms with van der Waals surface area (Å²) in [5, 5.41) is 9.03. The zero-order valence-corrected chi connectivity index (χ0v) is 11.7. The Morgan fingerprint density at radius 2 is 1.89 bits per heavy atom. The number of aliphatic carboxylic acids is 1. The van der Waals surface area contributed by atoms with Crippen LogP contribution in [-0.4, -0.2) is 35.5 Å². The van der Waals surface area contributed by atoms with E-state index in [-0.39, 0.29) is 17.7 Å². The number of nitrogens with zero attached hydrogens (tertiary/aromatic N) is 1. The lowest BCUT2D eigenvalue weighted by Gasteiger charge is -2.29. The molecule has 0 radical (unpaired) electrons. The molecular formula is C14H25NO3. The Hall–Kier alpha value is -1.06. The first-order chi connectivity index (χ1) is 8.41. The lowest BCUT2D eigenvalue weighted by atomic mass is 9.81. The highest BCUT2D eigenvalue weighted by Crippen LogP contribution is 2.30. The second-order valence-corrected chi connectivity index (χ2v) is 5.84. The van der Waals surface area contributed by atoms with Crippen LogP contribution in [-0.2, 0) is 9.59 Å². The summed E-state index contributed by atoms with van der Waals surface area (Å²) in [7, 11) is 1.83. The van der Waals surface area contributed by atoms with Crippen LogP contribution in [0.3, 0.4) is 0 Å². The molecule has 2 unspecified atom stereocenters. The zero-order chi connectivity index (χ0) is 13.7. The topological polar surface area (TPSA) is 57.6 Å². The molecular weight excluding hydrogens is 230 g/mol. The molecule has 1 aliphatic carbocycles. The Morgan fingerprint density at radius 3 is 2.44 bits per heavy atom. The van der Waals surface area contributed by atoms with Gasteiger partial charge in [0.25, 0.3) is 0 Å². The van der Waals surface area contributed by atoms with Crippen molar-refractivity contribution in [2.75, 3.05) is 13.6 Å². The van der Waals surface area contributed by atoms with Gasteiger partial charge in [0.15, 0.2) is 0 Å². The standard InChI is InChI=1S/C14H25NO3/c1-10(2)7-8-15(3)13(16)11-5-4-6-12(9-11)14(17)18/h10-12H,4-9H2,1-3H3,(H,17,18). The van der Waals surface area contributed by atoms with Gasteiger partial charge in [-0.1, -0.05) is 20.3 Å². The van der Waals surface area contributed by atoms with E-state index < -0.39 is 5.97 Å². The summed E-state index contributed by atoms with van der Waals surface area (Å²) in [6.07, 6.45) is 3.92. The van der Waals surface area contributed by atoms with Gasteiger partial charge in [0.2, 0.25) is 5.91 Å². The summed E-state index contributed by atoms with van der Waals surface area (Å²) in [4.78, 5) is 25.0. The SMILES string of the molecule is CC(C)CCN(C)C(=O)C1CCCC(C(=O)O)C1. The molecule has 18 heavy (non-hydrogen) atoms. The molecule has 0 spiro atoms. The zero-order valence-electron chi connectivity index (χ0n) is 11.7. The normalized spacial score (nSPS) is 24.0. The van der Waals surface area contributed by atoms with Crippen LogP contribution in [0.25, 0.3) is 0 Å². The summed E-state index contributed by atoms with van der Waals surface area (Å²) < 4.78 is 0. The van der Waals surface area contributed by atoms with Crippen LogP contribution < -0.4 is 0 Å². The largest absolute Gasteiger partial charge is 0.481 e. The van der Waals surface area contributed by atoms with Gasteiger partial charge in [0.1, 0.15) is 0 Å². The van der Waals surface area contributed by atoms with Crippen molar-refractivity contribution in [1.82, 2.24) is 4.90 Å². The van der Waals surface area contributed by atoms with E-state index in [4.69, 9.17) is 5.11 Å². The second-order valence-electron chi connectivity index (χ2n) is 5.84. The van der Waals surface area contributed by atoms with Crippen LogP contribution in [0.15, 0.2) is 0 Å². The van der Waals surface area contributed by atoms with Crippen LogP contribution in [0, 0.1) is 17.8 Å². The molecule has 4 heteroatoms. The molecule has 1 N–H and O–H groups in total. The van der Waals surface area contributed by atoms with Crippen molar-refractivity contribution in [2.24, 2.45) is 17.8 Å². The smallest absolute Gasteiger partial charge is 0.306 e. The van der Waals surface area contributed by atoms with Crippen LogP contribution in [0.1, 0.15) is 46.0 Å². The minimum absolute atomic E-state index is 0.0861. The predicted octanol–water partition coefficient (Wildman–Crippen LogP) is 2.38. The molecule has 1 fully saturated rings. The molecule has 2 atom stereocenters. The Morgan fingerprint density at radius 1 is 1.28 bits per heavy atom. The molecule has 1 saturated carbocycles. The maximum absolute atomic E-state index is 12.2. The highest BCUT2D eigenvalue weighted by atomic mass is 16.4. The van der Waals surface area contributed by atoms with Gasteiger partial charge in [0.05, 0.1) is 5.92 Å². The van der Waals surface area contributed by atoms with E-state index in [9.17, 15) is 9.59 Å². The first-order valence-corrected chi connectivity index (χ1v) is 6.89. The van der Waals surface area contributed by atoms with Crippen LogP contribution in [0.5, 0.6) is 0 Å². The fraction of sp³-hybridized carbons (Fsp3) is 0.857. The van der Waals surface area contributed by atoms with Gasteiger partial charge in [-0.05, 0) is 31.6 Å². The number of carbonyl (C=O) groups is 2. The van der Waals surface area contributed by atoms with E-state index in [1.807, 2.05) is 7.05 Å². The molecule has 0 bridgehead atoms. The van der Waals surface area contributed by atoms with Gasteiger partial charge >= 0.3 is 5.97 Å². The molecule has 0 saturated heterocycles. The molecule has 0 aromatic rings. The van der Waals surface area contributed by atoms with Crippen molar-refractivity contribution < 1.29 is 14.7 Å². The third-order valence-corrected chi connectivity index (χ3v) is 3.79. The van der Waals surface area contributed by atoms with Crippen molar-refractivity contribution in [1.29, 1.82) is 0 Å². The van der Waals surface area contributed by atoms with Crippen molar-refractivity contribution in [3.8, 4) is 0 Å². The van der Waals surface area contributed by atoms with Gasteiger partial charge in [-0.3, -0.25) is 9.59 Å². The number of carboxylic acid groups (broad SMARTS) is 1. The molecule has 104 valence electrons. The fourth-order valence-corrected chi connectivity index (χ4v) is 2.51. The maximum Gasteiger partial charge on any atom is 0.306 e. The molecule has 0 aromatic carbocycles. The van der Waals surface area contributed by atoms with Crippen LogP contribution in [0.2, 0.25) is 0 Å². The Balaban J connectivity index is 2.47. The molecule has 0 heterocycles. The second kappa shape index (κ2) is 6.76. The maximum atomic E-state index is 12.2. The van der Waals surface area contributed by atoms with E-state index in [0.29, 0.717) is 12.3 Å². The van der Waals surface area contributed by atoms with Crippen LogP contribution in [0.4, 0.5) is 0 Å². The van der Waals surface area contributed by atoms with E-state index in [1.54, 1.807) is 4.90 Å². The number of carbonyl (C=O) groups excluding carboxylic acids is 1. The molecule has 1 amide bonds. The highest BCUT2D eigenvalue weighted by Gasteiger charge is 2.32. The van der Waals surface area contributed by atoms with Gasteiger partial charge < -0.3 is 10.0 Å². The number of hydrogen-bond donors (Lipinski definition) is 1. The third kappa shape index (κ3) is 4.31. The van der Waals surface area contributed by atoms with Crippen molar-refractivity contribution >= 4 is 11.9 Å². The van der Waals surface area contributed by atoms with E-state index in [0.717, 1.165) is 32.2 Å². The van der Waals surface area contributed by atoms with E-state index in [1.165, 1.54) is 0 Å². The van der Waals surface area contributed by atoms with Gasteiger partial charge in [-0.15, -0.1) is 0 Å². The monoisotopic (exact) mass is 255 g/mol. The molecule has 1 aliphatic rings. The lowest BCUT2D eigenvalue weighted by molar-refractivity contribution is -0.145. The highest BCUT2D eigenvalue weighted by molar-refractivity contribution is 5.80. The molecule has 0 aliphatic heterocycles. The van der Waals surface area contributed by atoms with Crippen LogP contribution >= 0.6 is 0 Å². The number of carboxylic acids is 1. The fourth-order valence-electron chi connectivity index (χ4n) is 2.51. The number of rotatable bonds is 5. The average Bonchev–Trinajstić information content (AvgIpc) is 2.35. The third-order valence-electron chi connectivity index (χ3n) is 3.79. The quantitative estimate of drug-likeness (QED) is 0.820. The van der Waals surface area contributed by atoms with Gasteiger partial charge in [-0.25, -0.2) is 0 Å². The number of amides is 1.